The zero-order valence-corrected chi connectivity index (χ0v) is 30.8. The molecule has 0 aliphatic heterocycles. The fourth-order valence-electron chi connectivity index (χ4n) is 6.27. The second-order valence-corrected chi connectivity index (χ2v) is 14.0. The van der Waals surface area contributed by atoms with Crippen molar-refractivity contribution in [3.8, 4) is 0 Å². The summed E-state index contributed by atoms with van der Waals surface area (Å²) in [5, 5.41) is 0. The molecular weight excluding hydrogens is 552 g/mol. The van der Waals surface area contributed by atoms with Gasteiger partial charge in [-0.15, -0.1) is 0 Å². The summed E-state index contributed by atoms with van der Waals surface area (Å²) in [6.07, 6.45) is 50.0. The van der Waals surface area contributed by atoms with Crippen LogP contribution in [0.5, 0.6) is 0 Å². The van der Waals surface area contributed by atoms with Crippen molar-refractivity contribution in [1.29, 1.82) is 0 Å². The van der Waals surface area contributed by atoms with Gasteiger partial charge in [0, 0.05) is 12.8 Å². The third-order valence-corrected chi connectivity index (χ3v) is 9.35. The van der Waals surface area contributed by atoms with Crippen molar-refractivity contribution in [2.24, 2.45) is 0 Å². The van der Waals surface area contributed by atoms with Crippen molar-refractivity contribution in [3.05, 3.63) is 12.2 Å². The normalized spacial score (nSPS) is 11.5. The fraction of sp³-hybridized carbons (Fsp3) is 0.905. The highest BCUT2D eigenvalue weighted by molar-refractivity contribution is 5.85. The summed E-state index contributed by atoms with van der Waals surface area (Å²) in [7, 11) is 0. The van der Waals surface area contributed by atoms with Crippen LogP contribution in [0.15, 0.2) is 12.2 Å². The predicted octanol–water partition coefficient (Wildman–Crippen LogP) is 14.7. The van der Waals surface area contributed by atoms with E-state index in [0.717, 1.165) is 32.1 Å². The van der Waals surface area contributed by atoms with Crippen LogP contribution < -0.4 is 0 Å². The van der Waals surface area contributed by atoms with Gasteiger partial charge in [-0.05, 0) is 38.5 Å². The first-order valence-electron chi connectivity index (χ1n) is 20.6. The number of hydrogen-bond donors (Lipinski definition) is 0. The number of ether oxygens (including phenoxy) is 1. The maximum absolute atomic E-state index is 12.0. The van der Waals surface area contributed by atoms with Gasteiger partial charge in [0.15, 0.2) is 0 Å². The average Bonchev–Trinajstić information content (AvgIpc) is 3.03. The molecule has 3 nitrogen and oxygen atoms in total. The number of allylic oxidation sites excluding steroid dienone is 2. The van der Waals surface area contributed by atoms with Crippen molar-refractivity contribution in [2.75, 3.05) is 0 Å². The molecule has 0 amide bonds. The van der Waals surface area contributed by atoms with Gasteiger partial charge in [0.05, 0.1) is 0 Å². The maximum Gasteiger partial charge on any atom is 0.313 e. The van der Waals surface area contributed by atoms with Crippen molar-refractivity contribution >= 4 is 11.9 Å². The summed E-state index contributed by atoms with van der Waals surface area (Å²) in [4.78, 5) is 23.9. The van der Waals surface area contributed by atoms with E-state index in [4.69, 9.17) is 4.74 Å². The lowest BCUT2D eigenvalue weighted by Gasteiger charge is -2.05. The van der Waals surface area contributed by atoms with Gasteiger partial charge in [0.25, 0.3) is 0 Å². The molecule has 45 heavy (non-hydrogen) atoms. The number of hydrogen-bond acceptors (Lipinski definition) is 3. The lowest BCUT2D eigenvalue weighted by atomic mass is 10.0. The second kappa shape index (κ2) is 39.1. The lowest BCUT2D eigenvalue weighted by molar-refractivity contribution is -0.159. The predicted molar refractivity (Wildman–Crippen MR) is 198 cm³/mol. The molecule has 0 spiro atoms. The van der Waals surface area contributed by atoms with Crippen LogP contribution in [-0.2, 0) is 14.3 Å². The molecule has 266 valence electrons. The Kier molecular flexibility index (Phi) is 38.1. The molecule has 0 aromatic rings. The van der Waals surface area contributed by atoms with Crippen molar-refractivity contribution < 1.29 is 14.3 Å². The molecule has 0 aliphatic rings. The highest BCUT2D eigenvalue weighted by Gasteiger charge is 2.10. The van der Waals surface area contributed by atoms with E-state index < -0.39 is 0 Å². The van der Waals surface area contributed by atoms with Crippen molar-refractivity contribution in [2.45, 2.75) is 245 Å². The monoisotopic (exact) mass is 633 g/mol. The van der Waals surface area contributed by atoms with Crippen LogP contribution in [-0.4, -0.2) is 11.9 Å². The van der Waals surface area contributed by atoms with Gasteiger partial charge in [-0.3, -0.25) is 9.59 Å². The van der Waals surface area contributed by atoms with Crippen LogP contribution in [0.4, 0.5) is 0 Å². The van der Waals surface area contributed by atoms with Crippen molar-refractivity contribution in [3.63, 3.8) is 0 Å². The van der Waals surface area contributed by atoms with Crippen LogP contribution >= 0.6 is 0 Å². The number of unbranched alkanes of at least 4 members (excludes halogenated alkanes) is 31. The molecule has 0 unspecified atom stereocenters. The molecular formula is C42H80O3. The highest BCUT2D eigenvalue weighted by Crippen LogP contribution is 2.16. The second-order valence-electron chi connectivity index (χ2n) is 14.0. The minimum Gasteiger partial charge on any atom is -0.393 e. The average molecular weight is 633 g/mol. The van der Waals surface area contributed by atoms with Crippen LogP contribution in [0.25, 0.3) is 0 Å². The Bertz CT molecular complexity index is 625. The van der Waals surface area contributed by atoms with E-state index in [9.17, 15) is 9.59 Å². The summed E-state index contributed by atoms with van der Waals surface area (Å²) in [6.45, 7) is 4.56. The topological polar surface area (TPSA) is 43.4 Å². The summed E-state index contributed by atoms with van der Waals surface area (Å²) in [6, 6.07) is 0. The molecule has 0 N–H and O–H groups in total. The molecule has 0 aromatic carbocycles. The smallest absolute Gasteiger partial charge is 0.313 e. The summed E-state index contributed by atoms with van der Waals surface area (Å²) in [5.74, 6) is -0.660. The number of rotatable bonds is 37. The van der Waals surface area contributed by atoms with E-state index >= 15 is 0 Å². The Morgan fingerprint density at radius 3 is 0.822 bits per heavy atom. The summed E-state index contributed by atoms with van der Waals surface area (Å²) >= 11 is 0. The van der Waals surface area contributed by atoms with Crippen LogP contribution in [0.1, 0.15) is 245 Å². The Morgan fingerprint density at radius 2 is 0.556 bits per heavy atom. The molecule has 0 rings (SSSR count). The summed E-state index contributed by atoms with van der Waals surface area (Å²) in [5.41, 5.74) is 0. The van der Waals surface area contributed by atoms with E-state index in [1.807, 2.05) is 0 Å². The molecule has 0 aliphatic carbocycles. The largest absolute Gasteiger partial charge is 0.393 e. The quantitative estimate of drug-likeness (QED) is 0.0296. The van der Waals surface area contributed by atoms with E-state index in [1.54, 1.807) is 0 Å². The molecule has 0 saturated carbocycles. The Labute approximate surface area is 282 Å². The van der Waals surface area contributed by atoms with Crippen LogP contribution in [0, 0.1) is 0 Å². The van der Waals surface area contributed by atoms with E-state index in [-0.39, 0.29) is 11.9 Å². The van der Waals surface area contributed by atoms with E-state index in [0.29, 0.717) is 12.8 Å². The molecule has 0 heterocycles. The zero-order valence-electron chi connectivity index (χ0n) is 30.8. The standard InChI is InChI=1S/C42H80O3/c1-3-5-7-9-11-13-15-17-19-20-21-22-23-24-26-28-30-32-34-36-38-40-42(44)45-41(43)39-37-35-33-31-29-27-25-18-16-14-12-10-8-6-4-2/h18,25H,3-17,19-24,26-40H2,1-2H3/b25-18-. The molecule has 0 atom stereocenters. The Hall–Kier alpha value is -1.12. The molecule has 0 fully saturated rings. The molecule has 3 heteroatoms. The van der Waals surface area contributed by atoms with Gasteiger partial charge in [-0.25, -0.2) is 0 Å². The van der Waals surface area contributed by atoms with Gasteiger partial charge >= 0.3 is 11.9 Å². The third kappa shape index (κ3) is 39.0. The van der Waals surface area contributed by atoms with E-state index in [1.165, 1.54) is 186 Å². The van der Waals surface area contributed by atoms with Gasteiger partial charge < -0.3 is 4.74 Å². The highest BCUT2D eigenvalue weighted by atomic mass is 16.6. The van der Waals surface area contributed by atoms with Gasteiger partial charge in [0.1, 0.15) is 0 Å². The number of carbonyl (C=O) groups excluding carboxylic acids is 2. The molecule has 0 saturated heterocycles. The Morgan fingerprint density at radius 1 is 0.333 bits per heavy atom. The van der Waals surface area contributed by atoms with Gasteiger partial charge in [-0.1, -0.05) is 206 Å². The SMILES string of the molecule is CCCCCCCC/C=C\CCCCCCCC(=O)OC(=O)CCCCCCCCCCCCCCCCCCCCCCC. The minimum absolute atomic E-state index is 0.328. The fourth-order valence-corrected chi connectivity index (χ4v) is 6.27. The first kappa shape index (κ1) is 43.9. The van der Waals surface area contributed by atoms with Gasteiger partial charge in [0.2, 0.25) is 0 Å². The zero-order chi connectivity index (χ0) is 32.7. The maximum atomic E-state index is 12.0. The summed E-state index contributed by atoms with van der Waals surface area (Å²) < 4.78 is 5.03. The molecule has 0 bridgehead atoms. The lowest BCUT2D eigenvalue weighted by Crippen LogP contribution is -2.11. The molecule has 0 aromatic heterocycles. The third-order valence-electron chi connectivity index (χ3n) is 9.35. The minimum atomic E-state index is -0.332. The van der Waals surface area contributed by atoms with Gasteiger partial charge in [-0.2, -0.15) is 0 Å². The number of carbonyl (C=O) groups is 2. The van der Waals surface area contributed by atoms with Crippen LogP contribution in [0.3, 0.4) is 0 Å². The first-order valence-corrected chi connectivity index (χ1v) is 20.6. The van der Waals surface area contributed by atoms with Crippen molar-refractivity contribution in [1.82, 2.24) is 0 Å². The van der Waals surface area contributed by atoms with Crippen LogP contribution in [0.2, 0.25) is 0 Å². The number of esters is 2. The first-order chi connectivity index (χ1) is 22.2. The Balaban J connectivity index is 3.28. The molecule has 0 radical (unpaired) electrons. The van der Waals surface area contributed by atoms with E-state index in [2.05, 4.69) is 26.0 Å².